The van der Waals surface area contributed by atoms with Gasteiger partial charge in [-0.15, -0.1) is 18.3 Å². The van der Waals surface area contributed by atoms with E-state index in [0.29, 0.717) is 33.9 Å². The summed E-state index contributed by atoms with van der Waals surface area (Å²) < 4.78 is 99.7. The van der Waals surface area contributed by atoms with E-state index in [-0.39, 0.29) is 23.2 Å². The van der Waals surface area contributed by atoms with E-state index in [1.54, 1.807) is 18.2 Å². The molecule has 0 spiro atoms. The van der Waals surface area contributed by atoms with Crippen LogP contribution in [0.2, 0.25) is 10.0 Å². The monoisotopic (exact) mass is 811 g/mol. The summed E-state index contributed by atoms with van der Waals surface area (Å²) in [5.41, 5.74) is -0.791. The fourth-order valence-corrected chi connectivity index (χ4v) is 6.83. The average molecular weight is 813 g/mol. The minimum atomic E-state index is -5.25. The summed E-state index contributed by atoms with van der Waals surface area (Å²) in [6, 6.07) is 20.8. The highest BCUT2D eigenvalue weighted by molar-refractivity contribution is 7.92. The maximum absolute atomic E-state index is 12.7. The van der Waals surface area contributed by atoms with E-state index in [0.717, 1.165) is 0 Å². The second-order valence-corrected chi connectivity index (χ2v) is 14.8. The van der Waals surface area contributed by atoms with Crippen LogP contribution in [0.1, 0.15) is 50.6 Å². The number of carbonyl (C=O) groups excluding carboxylic acids is 1. The Hall–Kier alpha value is -4.87. The Balaban J connectivity index is 0.000000241. The molecule has 54 heavy (non-hydrogen) atoms. The third-order valence-electron chi connectivity index (χ3n) is 8.10. The molecule has 1 aromatic heterocycles. The first-order valence-corrected chi connectivity index (χ1v) is 17.4. The molecule has 0 aliphatic heterocycles. The smallest absolute Gasteiger partial charge is 0.578 e. The van der Waals surface area contributed by atoms with Gasteiger partial charge in [0.25, 0.3) is 0 Å². The van der Waals surface area contributed by atoms with E-state index in [2.05, 4.69) is 31.1 Å². The molecule has 0 radical (unpaired) electrons. The fourth-order valence-electron chi connectivity index (χ4n) is 5.41. The molecule has 1 fully saturated rings. The molecular formula is C36H29Cl2F6N5O4S. The molecule has 5 rings (SSSR count). The van der Waals surface area contributed by atoms with Crippen LogP contribution in [0, 0.1) is 39.9 Å². The maximum atomic E-state index is 12.7. The maximum Gasteiger partial charge on any atom is 0.578 e. The predicted octanol–water partition coefficient (Wildman–Crippen LogP) is 10.1. The Morgan fingerprint density at radius 1 is 1.02 bits per heavy atom. The lowest BCUT2D eigenvalue weighted by Gasteiger charge is -2.14. The van der Waals surface area contributed by atoms with Crippen molar-refractivity contribution >= 4 is 46.2 Å². The molecule has 284 valence electrons. The number of rotatable bonds is 8. The molecule has 4 unspecified atom stereocenters. The van der Waals surface area contributed by atoms with Crippen molar-refractivity contribution in [1.29, 1.82) is 10.5 Å². The lowest BCUT2D eigenvalue weighted by Crippen LogP contribution is -2.24. The Kier molecular flexibility index (Phi) is 12.6. The number of aromatic nitrogens is 2. The first-order chi connectivity index (χ1) is 25.1. The van der Waals surface area contributed by atoms with Gasteiger partial charge in [0, 0.05) is 5.56 Å². The lowest BCUT2D eigenvalue weighted by atomic mass is 10.1. The second-order valence-electron chi connectivity index (χ2n) is 12.6. The molecule has 3 aromatic carbocycles. The number of para-hydroxylation sites is 1. The second kappa shape index (κ2) is 16.2. The third kappa shape index (κ3) is 9.43. The Morgan fingerprint density at radius 3 is 2.13 bits per heavy atom. The largest absolute Gasteiger partial charge is 0.604 e. The number of esters is 1. The van der Waals surface area contributed by atoms with Crippen molar-refractivity contribution in [2.24, 2.45) is 17.3 Å². The van der Waals surface area contributed by atoms with E-state index in [9.17, 15) is 41.0 Å². The van der Waals surface area contributed by atoms with Crippen molar-refractivity contribution in [3.63, 3.8) is 0 Å². The quantitative estimate of drug-likeness (QED) is 0.0800. The van der Waals surface area contributed by atoms with E-state index in [4.69, 9.17) is 43.7 Å². The zero-order valence-corrected chi connectivity index (χ0v) is 30.9. The Bertz CT molecular complexity index is 2120. The summed E-state index contributed by atoms with van der Waals surface area (Å²) in [5, 5.41) is 20.6. The van der Waals surface area contributed by atoms with Crippen molar-refractivity contribution in [3.8, 4) is 29.3 Å². The van der Waals surface area contributed by atoms with Gasteiger partial charge in [-0.05, 0) is 61.6 Å². The van der Waals surface area contributed by atoms with Gasteiger partial charge in [-0.2, -0.15) is 23.7 Å². The van der Waals surface area contributed by atoms with Gasteiger partial charge in [0.05, 0.1) is 21.5 Å². The number of halogens is 8. The number of nitrogens with two attached hydrogens (primary N) is 1. The Labute approximate surface area is 318 Å². The number of hydrogen-bond acceptors (Lipinski definition) is 8. The van der Waals surface area contributed by atoms with Gasteiger partial charge >= 0.3 is 17.7 Å². The summed E-state index contributed by atoms with van der Waals surface area (Å²) in [6.45, 7) is 8.15. The number of nitrogen functional groups attached to an aromatic ring is 1. The van der Waals surface area contributed by atoms with Crippen LogP contribution in [0.3, 0.4) is 0 Å². The molecule has 4 atom stereocenters. The van der Waals surface area contributed by atoms with Crippen molar-refractivity contribution in [2.75, 3.05) is 5.73 Å². The van der Waals surface area contributed by atoms with Crippen LogP contribution in [-0.2, 0) is 26.9 Å². The number of hydrogen-bond donors (Lipinski definition) is 1. The zero-order chi connectivity index (χ0) is 40.3. The number of anilines is 1. The van der Waals surface area contributed by atoms with Gasteiger partial charge < -0.3 is 19.8 Å². The van der Waals surface area contributed by atoms with Crippen LogP contribution in [0.15, 0.2) is 83.3 Å². The summed E-state index contributed by atoms with van der Waals surface area (Å²) >= 11 is 7.77. The van der Waals surface area contributed by atoms with Crippen molar-refractivity contribution < 1.29 is 45.2 Å². The van der Waals surface area contributed by atoms with Gasteiger partial charge in [0.1, 0.15) is 40.5 Å². The fraction of sp³-hybridized carbons (Fsp3) is 0.278. The van der Waals surface area contributed by atoms with Crippen molar-refractivity contribution in [1.82, 2.24) is 9.78 Å². The molecule has 1 aliphatic carbocycles. The summed E-state index contributed by atoms with van der Waals surface area (Å²) in [5.74, 6) is -0.00287. The van der Waals surface area contributed by atoms with E-state index < -0.39 is 66.7 Å². The van der Waals surface area contributed by atoms with Crippen LogP contribution < -0.4 is 10.5 Å². The zero-order valence-electron chi connectivity index (χ0n) is 28.6. The minimum Gasteiger partial charge on any atom is -0.604 e. The molecule has 1 saturated carbocycles. The molecular weight excluding hydrogens is 783 g/mol. The molecule has 0 bridgehead atoms. The van der Waals surface area contributed by atoms with Gasteiger partial charge in [-0.1, -0.05) is 79.0 Å². The SMILES string of the molecule is CC(C)=CC1C(C(=O)OC(C#N)c2cccc(Oc3ccccc3)c2)C1(C)C.N#Cc1nn(-c2c(Cl)cc(C(F)(F)F)cc2Cl)c(N)c1[S+]([O-])C(F)(F)F. The number of benzene rings is 3. The highest BCUT2D eigenvalue weighted by Gasteiger charge is 2.61. The summed E-state index contributed by atoms with van der Waals surface area (Å²) in [6.07, 6.45) is -3.64. The van der Waals surface area contributed by atoms with Gasteiger partial charge in [0.2, 0.25) is 16.7 Å². The topological polar surface area (TPSA) is 150 Å². The molecule has 0 saturated heterocycles. The van der Waals surface area contributed by atoms with Crippen LogP contribution >= 0.6 is 23.2 Å². The Morgan fingerprint density at radius 2 is 1.61 bits per heavy atom. The number of allylic oxidation sites excluding steroid dienone is 2. The first-order valence-electron chi connectivity index (χ1n) is 15.5. The molecule has 9 nitrogen and oxygen atoms in total. The highest BCUT2D eigenvalue weighted by atomic mass is 35.5. The van der Waals surface area contributed by atoms with Gasteiger partial charge in [-0.3, -0.25) is 4.79 Å². The van der Waals surface area contributed by atoms with Crippen LogP contribution in [0.4, 0.5) is 32.2 Å². The number of nitriles is 2. The van der Waals surface area contributed by atoms with E-state index >= 15 is 0 Å². The molecule has 18 heteroatoms. The number of carbonyl (C=O) groups is 1. The normalized spacial score (nSPS) is 17.1. The van der Waals surface area contributed by atoms with Gasteiger partial charge in [-0.25, -0.2) is 4.68 Å². The number of ether oxygens (including phenoxy) is 2. The molecule has 1 heterocycles. The highest BCUT2D eigenvalue weighted by Crippen LogP contribution is 2.60. The van der Waals surface area contributed by atoms with E-state index in [1.165, 1.54) is 11.6 Å². The molecule has 1 aliphatic rings. The molecule has 4 aromatic rings. The van der Waals surface area contributed by atoms with Crippen LogP contribution in [0.25, 0.3) is 5.69 Å². The first kappa shape index (κ1) is 41.9. The average Bonchev–Trinajstić information content (AvgIpc) is 3.46. The molecule has 0 amide bonds. The third-order valence-corrected chi connectivity index (χ3v) is 9.87. The lowest BCUT2D eigenvalue weighted by molar-refractivity contribution is -0.149. The summed E-state index contributed by atoms with van der Waals surface area (Å²) in [7, 11) is 0. The minimum absolute atomic E-state index is 0.146. The molecule has 2 N–H and O–H groups in total. The predicted molar refractivity (Wildman–Crippen MR) is 188 cm³/mol. The summed E-state index contributed by atoms with van der Waals surface area (Å²) in [4.78, 5) is 11.6. The van der Waals surface area contributed by atoms with E-state index in [1.807, 2.05) is 50.2 Å². The van der Waals surface area contributed by atoms with Crippen molar-refractivity contribution in [3.05, 3.63) is 105 Å². The number of nitrogens with zero attached hydrogens (tertiary/aromatic N) is 4. The van der Waals surface area contributed by atoms with Crippen LogP contribution in [-0.4, -0.2) is 25.8 Å². The van der Waals surface area contributed by atoms with Crippen LogP contribution in [0.5, 0.6) is 11.5 Å². The van der Waals surface area contributed by atoms with Crippen molar-refractivity contribution in [2.45, 2.75) is 50.4 Å². The number of alkyl halides is 6. The standard InChI is InChI=1S/C24H25NO3.C12H4Cl2F6N4OS/c1-16(2)13-20-22(24(20,3)4)23(26)28-21(15-25)17-9-8-12-19(14-17)27-18-10-6-5-7-11-18;13-5-1-4(11(15,16)17)2-6(14)8(5)24-10(22)9(7(3-21)23-24)26(25)12(18,19)20/h5-14,20-22H,1-4H3;1-2H,22H2. The van der Waals surface area contributed by atoms with Gasteiger partial charge in [0.15, 0.2) is 5.82 Å².